The van der Waals surface area contributed by atoms with E-state index in [0.717, 1.165) is 31.6 Å². The number of carbonyl (C=O) groups is 1. The molecule has 1 aliphatic rings. The number of hydrogen-bond donors (Lipinski definition) is 0. The van der Waals surface area contributed by atoms with Crippen molar-refractivity contribution in [2.24, 2.45) is 5.92 Å². The maximum atomic E-state index is 13.5. The maximum absolute atomic E-state index is 13.5. The van der Waals surface area contributed by atoms with Crippen LogP contribution in [-0.4, -0.2) is 24.2 Å². The maximum Gasteiger partial charge on any atom is 0.194 e. The third-order valence-corrected chi connectivity index (χ3v) is 4.27. The Morgan fingerprint density at radius 2 is 2.08 bits per heavy atom. The number of ether oxygens (including phenoxy) is 2. The Balaban J connectivity index is 1.47. The molecule has 0 spiro atoms. The van der Waals surface area contributed by atoms with E-state index in [4.69, 9.17) is 14.0 Å². The van der Waals surface area contributed by atoms with Gasteiger partial charge in [-0.3, -0.25) is 4.79 Å². The van der Waals surface area contributed by atoms with Crippen molar-refractivity contribution in [2.75, 3.05) is 13.2 Å². The van der Waals surface area contributed by atoms with Gasteiger partial charge in [0, 0.05) is 31.3 Å². The number of carbonyl (C=O) groups excluding carboxylic acids is 1. The highest BCUT2D eigenvalue weighted by Gasteiger charge is 2.19. The summed E-state index contributed by atoms with van der Waals surface area (Å²) in [7, 11) is 0. The highest BCUT2D eigenvalue weighted by Crippen LogP contribution is 2.20. The van der Waals surface area contributed by atoms with E-state index < -0.39 is 17.5 Å². The molecule has 1 fully saturated rings. The van der Waals surface area contributed by atoms with Crippen LogP contribution in [0.25, 0.3) is 0 Å². The summed E-state index contributed by atoms with van der Waals surface area (Å²) < 4.78 is 55.0. The summed E-state index contributed by atoms with van der Waals surface area (Å²) in [6, 6.07) is 3.41. The molecule has 26 heavy (non-hydrogen) atoms. The van der Waals surface area contributed by atoms with Gasteiger partial charge in [-0.1, -0.05) is 11.2 Å². The van der Waals surface area contributed by atoms with E-state index in [1.54, 1.807) is 0 Å². The second-order valence-electron chi connectivity index (χ2n) is 6.20. The van der Waals surface area contributed by atoms with Crippen LogP contribution in [-0.2, 0) is 22.7 Å². The number of ketones is 1. The number of Topliss-reactive ketones (excluding diaryl/α,β-unsaturated/α-hetero) is 1. The Labute approximate surface area is 148 Å². The van der Waals surface area contributed by atoms with Crippen LogP contribution in [0, 0.1) is 23.4 Å². The molecule has 1 aliphatic heterocycles. The number of halogens is 3. The predicted molar refractivity (Wildman–Crippen MR) is 83.8 cm³/mol. The Kier molecular flexibility index (Phi) is 6.05. The molecule has 0 aliphatic carbocycles. The lowest BCUT2D eigenvalue weighted by Crippen LogP contribution is -2.05. The van der Waals surface area contributed by atoms with Gasteiger partial charge in [0.25, 0.3) is 0 Å². The molecule has 0 N–H and O–H groups in total. The fourth-order valence-corrected chi connectivity index (χ4v) is 2.73. The quantitative estimate of drug-likeness (QED) is 0.523. The van der Waals surface area contributed by atoms with E-state index in [1.165, 1.54) is 6.07 Å². The average molecular weight is 369 g/mol. The van der Waals surface area contributed by atoms with Crippen LogP contribution in [0.3, 0.4) is 0 Å². The molecule has 8 heteroatoms. The molecule has 1 atom stereocenters. The van der Waals surface area contributed by atoms with Gasteiger partial charge < -0.3 is 14.0 Å². The molecule has 0 saturated carbocycles. The number of benzene rings is 1. The van der Waals surface area contributed by atoms with Gasteiger partial charge in [0.2, 0.25) is 0 Å². The van der Waals surface area contributed by atoms with Gasteiger partial charge in [-0.25, -0.2) is 13.2 Å². The van der Waals surface area contributed by atoms with Crippen molar-refractivity contribution in [3.63, 3.8) is 0 Å². The number of rotatable bonds is 8. The Hall–Kier alpha value is -2.19. The molecule has 2 heterocycles. The Bertz CT molecular complexity index is 772. The molecule has 3 rings (SSSR count). The normalized spacial score (nSPS) is 17.0. The molecular weight excluding hydrogens is 351 g/mol. The summed E-state index contributed by atoms with van der Waals surface area (Å²) in [5.74, 6) is -3.51. The lowest BCUT2D eigenvalue weighted by molar-refractivity contribution is 0.0855. The zero-order valence-corrected chi connectivity index (χ0v) is 14.0. The van der Waals surface area contributed by atoms with Gasteiger partial charge in [-0.05, 0) is 24.8 Å². The van der Waals surface area contributed by atoms with Crippen molar-refractivity contribution in [2.45, 2.75) is 32.5 Å². The third kappa shape index (κ3) is 4.50. The van der Waals surface area contributed by atoms with Crippen LogP contribution in [0.4, 0.5) is 13.2 Å². The zero-order valence-electron chi connectivity index (χ0n) is 14.0. The van der Waals surface area contributed by atoms with Gasteiger partial charge >= 0.3 is 0 Å². The number of nitrogens with zero attached hydrogens (tertiary/aromatic N) is 1. The van der Waals surface area contributed by atoms with Crippen LogP contribution in [0.15, 0.2) is 22.7 Å². The van der Waals surface area contributed by atoms with Crippen molar-refractivity contribution in [3.8, 4) is 0 Å². The number of aromatic nitrogens is 1. The first-order valence-electron chi connectivity index (χ1n) is 8.31. The SMILES string of the molecule is O=C(CCC1CCOC1)c1cc(COCc2ccc(F)c(F)c2F)on1. The van der Waals surface area contributed by atoms with E-state index in [2.05, 4.69) is 5.16 Å². The van der Waals surface area contributed by atoms with Crippen LogP contribution in [0.5, 0.6) is 0 Å². The fraction of sp³-hybridized carbons (Fsp3) is 0.444. The van der Waals surface area contributed by atoms with Gasteiger partial charge in [-0.15, -0.1) is 0 Å². The average Bonchev–Trinajstić information content (AvgIpc) is 3.31. The summed E-state index contributed by atoms with van der Waals surface area (Å²) in [4.78, 5) is 12.1. The first-order valence-corrected chi connectivity index (χ1v) is 8.31. The molecule has 5 nitrogen and oxygen atoms in total. The molecule has 140 valence electrons. The Morgan fingerprint density at radius 1 is 1.23 bits per heavy atom. The molecule has 0 bridgehead atoms. The highest BCUT2D eigenvalue weighted by atomic mass is 19.2. The molecule has 1 aromatic carbocycles. The fourth-order valence-electron chi connectivity index (χ4n) is 2.73. The minimum atomic E-state index is -1.54. The largest absolute Gasteiger partial charge is 0.381 e. The monoisotopic (exact) mass is 369 g/mol. The summed E-state index contributed by atoms with van der Waals surface area (Å²) in [5.41, 5.74) is 0.0972. The summed E-state index contributed by atoms with van der Waals surface area (Å²) >= 11 is 0. The standard InChI is InChI=1S/C18H18F3NO4/c19-14-3-2-12(17(20)18(14)21)9-25-10-13-7-15(22-26-13)16(23)4-1-11-5-6-24-8-11/h2-3,7,11H,1,4-6,8-10H2. The summed E-state index contributed by atoms with van der Waals surface area (Å²) in [6.45, 7) is 1.08. The highest BCUT2D eigenvalue weighted by molar-refractivity contribution is 5.94. The van der Waals surface area contributed by atoms with Gasteiger partial charge in [-0.2, -0.15) is 0 Å². The minimum absolute atomic E-state index is 0.0742. The summed E-state index contributed by atoms with van der Waals surface area (Å²) in [6.07, 6.45) is 2.07. The molecular formula is C18H18F3NO4. The Morgan fingerprint density at radius 3 is 2.85 bits per heavy atom. The summed E-state index contributed by atoms with van der Waals surface area (Å²) in [5, 5.41) is 3.71. The molecule has 2 aromatic rings. The molecule has 0 amide bonds. The van der Waals surface area contributed by atoms with Crippen LogP contribution >= 0.6 is 0 Å². The van der Waals surface area contributed by atoms with Crippen LogP contribution in [0.2, 0.25) is 0 Å². The second-order valence-corrected chi connectivity index (χ2v) is 6.20. The van der Waals surface area contributed by atoms with Gasteiger partial charge in [0.05, 0.1) is 6.61 Å². The van der Waals surface area contributed by atoms with Crippen molar-refractivity contribution >= 4 is 5.78 Å². The lowest BCUT2D eigenvalue weighted by atomic mass is 10.00. The van der Waals surface area contributed by atoms with E-state index in [0.29, 0.717) is 24.7 Å². The van der Waals surface area contributed by atoms with E-state index in [1.807, 2.05) is 0 Å². The van der Waals surface area contributed by atoms with Crippen molar-refractivity contribution in [1.29, 1.82) is 0 Å². The van der Waals surface area contributed by atoms with E-state index in [-0.39, 0.29) is 30.3 Å². The first-order chi connectivity index (χ1) is 12.5. The van der Waals surface area contributed by atoms with E-state index in [9.17, 15) is 18.0 Å². The predicted octanol–water partition coefficient (Wildman–Crippen LogP) is 3.81. The smallest absolute Gasteiger partial charge is 0.194 e. The van der Waals surface area contributed by atoms with E-state index >= 15 is 0 Å². The lowest BCUT2D eigenvalue weighted by Gasteiger charge is -2.05. The molecule has 1 aromatic heterocycles. The van der Waals surface area contributed by atoms with Crippen LogP contribution in [0.1, 0.15) is 41.1 Å². The van der Waals surface area contributed by atoms with Crippen LogP contribution < -0.4 is 0 Å². The zero-order chi connectivity index (χ0) is 18.5. The minimum Gasteiger partial charge on any atom is -0.381 e. The van der Waals surface area contributed by atoms with Gasteiger partial charge in [0.15, 0.2) is 29.0 Å². The second kappa shape index (κ2) is 8.46. The van der Waals surface area contributed by atoms with Gasteiger partial charge in [0.1, 0.15) is 12.3 Å². The molecule has 1 unspecified atom stereocenters. The first kappa shape index (κ1) is 18.6. The molecule has 0 radical (unpaired) electrons. The molecule has 1 saturated heterocycles. The van der Waals surface area contributed by atoms with Crippen molar-refractivity contribution < 1.29 is 32.0 Å². The van der Waals surface area contributed by atoms with Crippen molar-refractivity contribution in [1.82, 2.24) is 5.16 Å². The number of hydrogen-bond acceptors (Lipinski definition) is 5. The third-order valence-electron chi connectivity index (χ3n) is 4.27. The van der Waals surface area contributed by atoms with Crippen molar-refractivity contribution in [3.05, 3.63) is 52.7 Å². The topological polar surface area (TPSA) is 61.6 Å².